The highest BCUT2D eigenvalue weighted by Gasteiger charge is 2.26. The molecule has 7 nitrogen and oxygen atoms in total. The number of nitrogens with zero attached hydrogens (tertiary/aromatic N) is 1. The summed E-state index contributed by atoms with van der Waals surface area (Å²) in [6.45, 7) is 6.39. The van der Waals surface area contributed by atoms with Gasteiger partial charge in [-0.2, -0.15) is 0 Å². The zero-order valence-corrected chi connectivity index (χ0v) is 16.8. The molecule has 0 saturated carbocycles. The number of benzene rings is 1. The number of Topliss-reactive ketones (excluding diaryl/α,β-unsaturated/α-hetero) is 2. The van der Waals surface area contributed by atoms with E-state index in [0.29, 0.717) is 33.1 Å². The van der Waals surface area contributed by atoms with E-state index in [4.69, 9.17) is 9.15 Å². The molecular weight excluding hydrogens is 380 g/mol. The van der Waals surface area contributed by atoms with Crippen molar-refractivity contribution in [2.45, 2.75) is 39.0 Å². The topological polar surface area (TPSA) is 102 Å². The predicted octanol–water partition coefficient (Wildman–Crippen LogP) is 3.88. The Morgan fingerprint density at radius 2 is 1.96 bits per heavy atom. The average Bonchev–Trinajstić information content (AvgIpc) is 3.19. The minimum Gasteiger partial charge on any atom is -0.454 e. The Labute approximate surface area is 165 Å². The zero-order valence-electron chi connectivity index (χ0n) is 16.0. The molecule has 0 spiro atoms. The van der Waals surface area contributed by atoms with Crippen molar-refractivity contribution in [3.8, 4) is 0 Å². The van der Waals surface area contributed by atoms with Crippen molar-refractivity contribution in [3.63, 3.8) is 0 Å². The molecule has 1 unspecified atom stereocenters. The molecule has 0 aliphatic rings. The molecule has 8 heteroatoms. The highest BCUT2D eigenvalue weighted by molar-refractivity contribution is 7.99. The van der Waals surface area contributed by atoms with Crippen molar-refractivity contribution in [2.75, 3.05) is 5.75 Å². The Bertz CT molecular complexity index is 1030. The van der Waals surface area contributed by atoms with Gasteiger partial charge >= 0.3 is 5.97 Å². The molecule has 0 bridgehead atoms. The number of hydrogen-bond acceptors (Lipinski definition) is 7. The van der Waals surface area contributed by atoms with E-state index in [1.165, 1.54) is 13.8 Å². The molecule has 0 fully saturated rings. The van der Waals surface area contributed by atoms with Gasteiger partial charge in [-0.1, -0.05) is 23.9 Å². The molecule has 0 amide bonds. The Morgan fingerprint density at radius 1 is 1.25 bits per heavy atom. The smallest absolute Gasteiger partial charge is 0.317 e. The number of nitrogens with one attached hydrogen (secondary N) is 1. The van der Waals surface area contributed by atoms with Crippen molar-refractivity contribution in [1.82, 2.24) is 9.97 Å². The van der Waals surface area contributed by atoms with E-state index in [-0.39, 0.29) is 23.0 Å². The summed E-state index contributed by atoms with van der Waals surface area (Å²) < 4.78 is 10.8. The lowest BCUT2D eigenvalue weighted by Gasteiger charge is -2.11. The standard InChI is InChI=1S/C20H20N2O5S/c1-10-17(12(3)23)11(2)21-18(10)19(25)13(4)26-16(24)9-28-20-22-14-7-5-6-8-15(14)27-20/h5-8,13,21H,9H2,1-4H3. The fourth-order valence-electron chi connectivity index (χ4n) is 3.05. The van der Waals surface area contributed by atoms with Crippen molar-refractivity contribution in [1.29, 1.82) is 0 Å². The number of aryl methyl sites for hydroxylation is 1. The maximum atomic E-state index is 12.6. The Morgan fingerprint density at radius 3 is 2.61 bits per heavy atom. The number of ketones is 2. The third-order valence-electron chi connectivity index (χ3n) is 4.30. The summed E-state index contributed by atoms with van der Waals surface area (Å²) in [5.41, 5.74) is 3.32. The van der Waals surface area contributed by atoms with Gasteiger partial charge in [-0.05, 0) is 45.4 Å². The molecule has 2 heterocycles. The van der Waals surface area contributed by atoms with Crippen LogP contribution in [0.1, 0.15) is 46.0 Å². The summed E-state index contributed by atoms with van der Waals surface area (Å²) in [5.74, 6) is -1.09. The van der Waals surface area contributed by atoms with Crippen molar-refractivity contribution >= 4 is 40.4 Å². The van der Waals surface area contributed by atoms with Crippen LogP contribution in [-0.2, 0) is 9.53 Å². The minimum absolute atomic E-state index is 0.0358. The molecule has 0 aliphatic heterocycles. The highest BCUT2D eigenvalue weighted by Crippen LogP contribution is 2.24. The van der Waals surface area contributed by atoms with E-state index >= 15 is 0 Å². The average molecular weight is 400 g/mol. The van der Waals surface area contributed by atoms with Gasteiger partial charge in [-0.15, -0.1) is 0 Å². The lowest BCUT2D eigenvalue weighted by Crippen LogP contribution is -2.26. The van der Waals surface area contributed by atoms with Crippen LogP contribution in [0.2, 0.25) is 0 Å². The first-order valence-corrected chi connectivity index (χ1v) is 9.68. The van der Waals surface area contributed by atoms with Gasteiger partial charge < -0.3 is 14.1 Å². The van der Waals surface area contributed by atoms with Crippen LogP contribution in [0.5, 0.6) is 0 Å². The monoisotopic (exact) mass is 400 g/mol. The lowest BCUT2D eigenvalue weighted by atomic mass is 10.0. The van der Waals surface area contributed by atoms with Crippen LogP contribution in [0, 0.1) is 13.8 Å². The summed E-state index contributed by atoms with van der Waals surface area (Å²) >= 11 is 1.10. The number of carbonyl (C=O) groups is 3. The van der Waals surface area contributed by atoms with Gasteiger partial charge in [0.15, 0.2) is 17.5 Å². The summed E-state index contributed by atoms with van der Waals surface area (Å²) in [6.07, 6.45) is -0.978. The van der Waals surface area contributed by atoms with Crippen molar-refractivity contribution in [2.24, 2.45) is 0 Å². The molecule has 0 saturated heterocycles. The number of aromatic amines is 1. The number of para-hydroxylation sites is 2. The van der Waals surface area contributed by atoms with Gasteiger partial charge in [0.2, 0.25) is 5.78 Å². The van der Waals surface area contributed by atoms with Crippen LogP contribution in [0.3, 0.4) is 0 Å². The molecule has 146 valence electrons. The second kappa shape index (κ2) is 8.02. The number of fused-ring (bicyclic) bond motifs is 1. The maximum absolute atomic E-state index is 12.6. The lowest BCUT2D eigenvalue weighted by molar-refractivity contribution is -0.143. The Balaban J connectivity index is 1.61. The van der Waals surface area contributed by atoms with Crippen LogP contribution >= 0.6 is 11.8 Å². The molecule has 1 N–H and O–H groups in total. The maximum Gasteiger partial charge on any atom is 0.317 e. The first-order chi connectivity index (χ1) is 13.3. The van der Waals surface area contributed by atoms with Crippen molar-refractivity contribution < 1.29 is 23.5 Å². The zero-order chi connectivity index (χ0) is 20.4. The Hall–Kier alpha value is -2.87. The predicted molar refractivity (Wildman–Crippen MR) is 105 cm³/mol. The molecule has 0 aliphatic carbocycles. The number of ether oxygens (including phenoxy) is 1. The largest absolute Gasteiger partial charge is 0.454 e. The van der Waals surface area contributed by atoms with E-state index in [1.807, 2.05) is 18.2 Å². The number of oxazole rings is 1. The highest BCUT2D eigenvalue weighted by atomic mass is 32.2. The normalized spacial score (nSPS) is 12.1. The van der Waals surface area contributed by atoms with E-state index in [0.717, 1.165) is 11.8 Å². The van der Waals surface area contributed by atoms with Gasteiger partial charge in [0.25, 0.3) is 5.22 Å². The molecular formula is C20H20N2O5S. The van der Waals surface area contributed by atoms with Crippen LogP contribution in [0.15, 0.2) is 33.9 Å². The number of H-pyrrole nitrogens is 1. The van der Waals surface area contributed by atoms with E-state index in [1.54, 1.807) is 19.9 Å². The first-order valence-electron chi connectivity index (χ1n) is 8.70. The first kappa shape index (κ1) is 19.9. The molecule has 1 aromatic carbocycles. The quantitative estimate of drug-likeness (QED) is 0.365. The number of esters is 1. The van der Waals surface area contributed by atoms with Gasteiger partial charge in [-0.3, -0.25) is 14.4 Å². The second-order valence-electron chi connectivity index (χ2n) is 6.41. The SMILES string of the molecule is CC(=O)c1c(C)[nH]c(C(=O)C(C)OC(=O)CSc2nc3ccccc3o2)c1C. The number of thioether (sulfide) groups is 1. The summed E-state index contributed by atoms with van der Waals surface area (Å²) in [5, 5.41) is 0.360. The Kier molecular flexibility index (Phi) is 5.69. The van der Waals surface area contributed by atoms with Crippen LogP contribution < -0.4 is 0 Å². The molecule has 28 heavy (non-hydrogen) atoms. The van der Waals surface area contributed by atoms with Crippen molar-refractivity contribution in [3.05, 3.63) is 46.8 Å². The fraction of sp³-hybridized carbons (Fsp3) is 0.300. The summed E-state index contributed by atoms with van der Waals surface area (Å²) in [4.78, 5) is 43.7. The molecule has 3 aromatic rings. The van der Waals surface area contributed by atoms with E-state index in [2.05, 4.69) is 9.97 Å². The number of hydrogen-bond donors (Lipinski definition) is 1. The van der Waals surface area contributed by atoms with Gasteiger partial charge in [-0.25, -0.2) is 4.98 Å². The number of aromatic nitrogens is 2. The van der Waals surface area contributed by atoms with Gasteiger partial charge in [0.1, 0.15) is 11.3 Å². The van der Waals surface area contributed by atoms with Gasteiger partial charge in [0, 0.05) is 11.3 Å². The second-order valence-corrected chi connectivity index (χ2v) is 7.34. The van der Waals surface area contributed by atoms with Crippen LogP contribution in [0.4, 0.5) is 0 Å². The van der Waals surface area contributed by atoms with E-state index in [9.17, 15) is 14.4 Å². The molecule has 1 atom stereocenters. The summed E-state index contributed by atoms with van der Waals surface area (Å²) in [6, 6.07) is 7.30. The van der Waals surface area contributed by atoms with Crippen LogP contribution in [0.25, 0.3) is 11.1 Å². The molecule has 2 aromatic heterocycles. The minimum atomic E-state index is -0.978. The van der Waals surface area contributed by atoms with E-state index < -0.39 is 12.1 Å². The number of rotatable bonds is 7. The summed E-state index contributed by atoms with van der Waals surface area (Å²) in [7, 11) is 0. The molecule has 0 radical (unpaired) electrons. The fourth-order valence-corrected chi connectivity index (χ4v) is 3.67. The molecule has 3 rings (SSSR count). The van der Waals surface area contributed by atoms with Gasteiger partial charge in [0.05, 0.1) is 5.69 Å². The third kappa shape index (κ3) is 4.01. The third-order valence-corrected chi connectivity index (χ3v) is 5.10. The number of carbonyl (C=O) groups excluding carboxylic acids is 3. The van der Waals surface area contributed by atoms with Crippen LogP contribution in [-0.4, -0.2) is 39.4 Å².